The Morgan fingerprint density at radius 2 is 1.68 bits per heavy atom. The molecular weight excluding hydrogens is 681 g/mol. The molecule has 0 unspecified atom stereocenters. The number of rotatable bonds is 11. The second kappa shape index (κ2) is 15.6. The number of piperidine rings is 3. The van der Waals surface area contributed by atoms with E-state index in [1.165, 1.54) is 26.6 Å². The number of aromatic nitrogens is 1. The predicted molar refractivity (Wildman–Crippen MR) is 190 cm³/mol. The molecular formula is C38H39Cl2N3O7. The Morgan fingerprint density at radius 3 is 2.34 bits per heavy atom. The molecule has 0 spiro atoms. The minimum atomic E-state index is -0.871. The molecule has 4 aromatic rings. The predicted octanol–water partition coefficient (Wildman–Crippen LogP) is 7.33. The topological polar surface area (TPSA) is 104 Å². The summed E-state index contributed by atoms with van der Waals surface area (Å²) in [7, 11) is 3.04. The fourth-order valence-corrected chi connectivity index (χ4v) is 7.26. The molecule has 7 rings (SSSR count). The normalized spacial score (nSPS) is 18.6. The summed E-state index contributed by atoms with van der Waals surface area (Å²) >= 11 is 12.9. The summed E-state index contributed by atoms with van der Waals surface area (Å²) in [6, 6.07) is 19.9. The Bertz CT molecular complexity index is 1840. The van der Waals surface area contributed by atoms with E-state index < -0.39 is 18.2 Å². The highest BCUT2D eigenvalue weighted by Crippen LogP contribution is 2.36. The third-order valence-electron chi connectivity index (χ3n) is 9.36. The number of pyridine rings is 1. The van der Waals surface area contributed by atoms with Gasteiger partial charge in [0.05, 0.1) is 26.3 Å². The minimum Gasteiger partial charge on any atom is -0.619 e. The van der Waals surface area contributed by atoms with E-state index in [4.69, 9.17) is 42.1 Å². The SMILES string of the molecule is COc1ccc([C@H](Cc2c(Cl)c[n+]([O-])cc2Cl)OC(=O)c2cccc(CN(C(=O)O[C@H]3CN4CCC3CC4)c3cccc(C)c3)c2)cc1OC. The minimum absolute atomic E-state index is 0.0754. The van der Waals surface area contributed by atoms with Crippen LogP contribution in [0.4, 0.5) is 10.5 Å². The van der Waals surface area contributed by atoms with Gasteiger partial charge in [-0.1, -0.05) is 53.5 Å². The quantitative estimate of drug-likeness (QED) is 0.0902. The first-order chi connectivity index (χ1) is 24.1. The van der Waals surface area contributed by atoms with Crippen molar-refractivity contribution in [2.75, 3.05) is 38.8 Å². The number of fused-ring (bicyclic) bond motifs is 3. The summed E-state index contributed by atoms with van der Waals surface area (Å²) in [5.41, 5.74) is 3.74. The lowest BCUT2D eigenvalue weighted by Gasteiger charge is -2.44. The number of aryl methyl sites for hydroxylation is 1. The molecule has 3 aliphatic rings. The van der Waals surface area contributed by atoms with Gasteiger partial charge in [0.1, 0.15) is 22.3 Å². The fourth-order valence-electron chi connectivity index (χ4n) is 6.66. The van der Waals surface area contributed by atoms with Gasteiger partial charge < -0.3 is 24.2 Å². The summed E-state index contributed by atoms with van der Waals surface area (Å²) in [4.78, 5) is 31.6. The number of carbonyl (C=O) groups is 2. The zero-order valence-corrected chi connectivity index (χ0v) is 29.7. The van der Waals surface area contributed by atoms with E-state index in [-0.39, 0.29) is 34.7 Å². The van der Waals surface area contributed by atoms with Gasteiger partial charge in [-0.25, -0.2) is 9.59 Å². The summed E-state index contributed by atoms with van der Waals surface area (Å²) in [5, 5.41) is 12.2. The number of hydrogen-bond acceptors (Lipinski definition) is 8. The highest BCUT2D eigenvalue weighted by Gasteiger charge is 2.37. The first-order valence-corrected chi connectivity index (χ1v) is 17.2. The first-order valence-electron chi connectivity index (χ1n) is 16.5. The van der Waals surface area contributed by atoms with Crippen molar-refractivity contribution in [3.8, 4) is 11.5 Å². The van der Waals surface area contributed by atoms with Crippen LogP contribution in [0.3, 0.4) is 0 Å². The number of halogens is 2. The van der Waals surface area contributed by atoms with Crippen LogP contribution in [-0.4, -0.2) is 56.9 Å². The van der Waals surface area contributed by atoms with Crippen molar-refractivity contribution in [1.29, 1.82) is 0 Å². The highest BCUT2D eigenvalue weighted by atomic mass is 35.5. The van der Waals surface area contributed by atoms with Crippen LogP contribution in [0.15, 0.2) is 79.1 Å². The van der Waals surface area contributed by atoms with Crippen molar-refractivity contribution in [3.05, 3.63) is 122 Å². The van der Waals surface area contributed by atoms with Crippen molar-refractivity contribution < 1.29 is 33.3 Å². The lowest BCUT2D eigenvalue weighted by atomic mass is 9.86. The van der Waals surface area contributed by atoms with Gasteiger partial charge in [0, 0.05) is 24.2 Å². The molecule has 12 heteroatoms. The van der Waals surface area contributed by atoms with E-state index in [1.807, 2.05) is 37.3 Å². The second-order valence-electron chi connectivity index (χ2n) is 12.7. The molecule has 2 atom stereocenters. The molecule has 4 heterocycles. The first kappa shape index (κ1) is 35.3. The number of ether oxygens (including phenoxy) is 4. The smallest absolute Gasteiger partial charge is 0.414 e. The molecule has 3 saturated heterocycles. The summed E-state index contributed by atoms with van der Waals surface area (Å²) in [6.07, 6.45) is 3.07. The Labute approximate surface area is 301 Å². The maximum absolute atomic E-state index is 13.8. The second-order valence-corrected chi connectivity index (χ2v) is 13.5. The van der Waals surface area contributed by atoms with Crippen LogP contribution in [0.25, 0.3) is 0 Å². The average Bonchev–Trinajstić information content (AvgIpc) is 3.11. The molecule has 0 radical (unpaired) electrons. The Balaban J connectivity index is 1.26. The lowest BCUT2D eigenvalue weighted by Crippen LogP contribution is -2.53. The van der Waals surface area contributed by atoms with Crippen molar-refractivity contribution in [2.45, 2.75) is 44.9 Å². The number of amides is 1. The third-order valence-corrected chi connectivity index (χ3v) is 10.0. The van der Waals surface area contributed by atoms with Crippen molar-refractivity contribution >= 4 is 41.0 Å². The van der Waals surface area contributed by atoms with E-state index >= 15 is 0 Å². The van der Waals surface area contributed by atoms with Gasteiger partial charge in [-0.05, 0) is 91.9 Å². The standard InChI is InChI=1S/C38H39Cl2N3O7/c1-24-6-4-9-29(16-24)43(38(45)50-36-23-41-14-12-26(36)13-15-41)20-25-7-5-8-28(17-25)37(44)49-34(19-30-31(39)21-42(46)22-32(30)40)27-10-11-33(47-2)35(18-27)48-3/h4-11,16-18,21-22,26,34,36H,12-15,19-20,23H2,1-3H3/t34-,36-/m0/s1. The van der Waals surface area contributed by atoms with Crippen molar-refractivity contribution in [2.24, 2.45) is 5.92 Å². The Kier molecular flexibility index (Phi) is 11.0. The van der Waals surface area contributed by atoms with Crippen LogP contribution in [0, 0.1) is 18.0 Å². The maximum atomic E-state index is 13.8. The summed E-state index contributed by atoms with van der Waals surface area (Å²) in [5.74, 6) is 0.701. The number of hydrogen-bond donors (Lipinski definition) is 0. The summed E-state index contributed by atoms with van der Waals surface area (Å²) in [6.45, 7) is 4.98. The number of esters is 1. The molecule has 3 fully saturated rings. The molecule has 10 nitrogen and oxygen atoms in total. The molecule has 0 N–H and O–H groups in total. The van der Waals surface area contributed by atoms with Crippen molar-refractivity contribution in [3.63, 3.8) is 0 Å². The molecule has 3 aliphatic heterocycles. The van der Waals surface area contributed by atoms with Crippen LogP contribution in [-0.2, 0) is 22.4 Å². The third kappa shape index (κ3) is 8.09. The van der Waals surface area contributed by atoms with Gasteiger partial charge in [0.25, 0.3) is 0 Å². The van der Waals surface area contributed by atoms with Crippen LogP contribution < -0.4 is 19.1 Å². The van der Waals surface area contributed by atoms with Gasteiger partial charge in [-0.15, -0.1) is 0 Å². The van der Waals surface area contributed by atoms with E-state index in [1.54, 1.807) is 41.3 Å². The zero-order valence-electron chi connectivity index (χ0n) is 28.1. The molecule has 1 amide bonds. The molecule has 1 aromatic heterocycles. The largest absolute Gasteiger partial charge is 0.619 e. The molecule has 50 heavy (non-hydrogen) atoms. The van der Waals surface area contributed by atoms with Gasteiger partial charge in [0.15, 0.2) is 23.9 Å². The molecule has 2 bridgehead atoms. The van der Waals surface area contributed by atoms with E-state index in [0.29, 0.717) is 44.5 Å². The lowest BCUT2D eigenvalue weighted by molar-refractivity contribution is -0.605. The van der Waals surface area contributed by atoms with E-state index in [9.17, 15) is 14.8 Å². The number of benzene rings is 3. The fraction of sp³-hybridized carbons (Fsp3) is 0.342. The molecule has 0 aliphatic carbocycles. The van der Waals surface area contributed by atoms with Crippen LogP contribution in [0.1, 0.15) is 51.6 Å². The number of anilines is 1. The molecule has 0 saturated carbocycles. The van der Waals surface area contributed by atoms with Crippen molar-refractivity contribution in [1.82, 2.24) is 4.90 Å². The van der Waals surface area contributed by atoms with E-state index in [2.05, 4.69) is 4.90 Å². The number of methoxy groups -OCH3 is 2. The van der Waals surface area contributed by atoms with Crippen LogP contribution in [0.5, 0.6) is 11.5 Å². The van der Waals surface area contributed by atoms with Crippen LogP contribution >= 0.6 is 23.2 Å². The van der Waals surface area contributed by atoms with Gasteiger partial charge in [-0.2, -0.15) is 4.73 Å². The highest BCUT2D eigenvalue weighted by molar-refractivity contribution is 6.35. The summed E-state index contributed by atoms with van der Waals surface area (Å²) < 4.78 is 23.7. The number of nitrogens with zero attached hydrogens (tertiary/aromatic N) is 3. The molecule has 262 valence electrons. The Hall–Kier alpha value is -4.51. The van der Waals surface area contributed by atoms with Crippen LogP contribution in [0.2, 0.25) is 10.0 Å². The molecule has 3 aromatic carbocycles. The van der Waals surface area contributed by atoms with Gasteiger partial charge in [0.2, 0.25) is 0 Å². The number of carbonyl (C=O) groups excluding carboxylic acids is 2. The maximum Gasteiger partial charge on any atom is 0.414 e. The Morgan fingerprint density at radius 1 is 0.960 bits per heavy atom. The van der Waals surface area contributed by atoms with Gasteiger partial charge >= 0.3 is 12.1 Å². The van der Waals surface area contributed by atoms with Gasteiger partial charge in [-0.3, -0.25) is 9.80 Å². The average molecular weight is 721 g/mol. The zero-order chi connectivity index (χ0) is 35.4. The monoisotopic (exact) mass is 719 g/mol. The van der Waals surface area contributed by atoms with E-state index in [0.717, 1.165) is 38.0 Å².